The molecule has 0 saturated carbocycles. The number of ether oxygens (including phenoxy) is 1. The maximum Gasteiger partial charge on any atom is 0.254 e. The van der Waals surface area contributed by atoms with Crippen molar-refractivity contribution in [2.75, 3.05) is 32.7 Å². The van der Waals surface area contributed by atoms with Crippen molar-refractivity contribution < 1.29 is 27.1 Å². The Balaban J connectivity index is 1.41. The molecule has 1 atom stereocenters. The minimum absolute atomic E-state index is 0.0895. The number of piperazine rings is 1. The fraction of sp³-hybridized carbons (Fsp3) is 0.269. The van der Waals surface area contributed by atoms with E-state index in [1.807, 2.05) is 0 Å². The lowest BCUT2D eigenvalue weighted by Crippen LogP contribution is -2.49. The van der Waals surface area contributed by atoms with E-state index in [2.05, 4.69) is 4.90 Å². The summed E-state index contributed by atoms with van der Waals surface area (Å²) in [5, 5.41) is 0.553. The molecule has 0 radical (unpaired) electrons. The molecule has 4 nitrogen and oxygen atoms in total. The van der Waals surface area contributed by atoms with Gasteiger partial charge >= 0.3 is 0 Å². The van der Waals surface area contributed by atoms with Crippen molar-refractivity contribution in [2.45, 2.75) is 12.7 Å². The molecule has 0 aliphatic carbocycles. The molecule has 184 valence electrons. The van der Waals surface area contributed by atoms with Crippen LogP contribution in [0.5, 0.6) is 0 Å². The van der Waals surface area contributed by atoms with Crippen molar-refractivity contribution >= 4 is 17.5 Å². The van der Waals surface area contributed by atoms with E-state index in [4.69, 9.17) is 16.3 Å². The average molecular weight is 507 g/mol. The van der Waals surface area contributed by atoms with Gasteiger partial charge in [0.05, 0.1) is 12.7 Å². The van der Waals surface area contributed by atoms with Gasteiger partial charge in [-0.05, 0) is 48.0 Å². The van der Waals surface area contributed by atoms with E-state index in [-0.39, 0.29) is 23.6 Å². The Hall–Kier alpha value is -2.94. The van der Waals surface area contributed by atoms with Crippen LogP contribution >= 0.6 is 11.6 Å². The van der Waals surface area contributed by atoms with E-state index in [9.17, 15) is 22.4 Å². The summed E-state index contributed by atoms with van der Waals surface area (Å²) in [5.74, 6) is -3.80. The molecule has 1 fully saturated rings. The Bertz CT molecular complexity index is 1160. The standard InChI is InChI=1S/C26H23ClF4N2O2/c27-19-7-4-17(5-8-19)25(35-16-20-21(28)2-1-3-22(20)29)15-32-10-12-33(13-11-32)26(34)18-6-9-23(30)24(31)14-18/h1-9,14,25H,10-13,15-16H2. The van der Waals surface area contributed by atoms with Gasteiger partial charge < -0.3 is 9.64 Å². The fourth-order valence-corrected chi connectivity index (χ4v) is 4.09. The molecule has 1 amide bonds. The Labute approximate surface area is 205 Å². The van der Waals surface area contributed by atoms with E-state index in [1.165, 1.54) is 24.3 Å². The Morgan fingerprint density at radius 2 is 1.51 bits per heavy atom. The zero-order valence-corrected chi connectivity index (χ0v) is 19.5. The van der Waals surface area contributed by atoms with Crippen LogP contribution in [0.4, 0.5) is 17.6 Å². The summed E-state index contributed by atoms with van der Waals surface area (Å²) in [4.78, 5) is 16.3. The van der Waals surface area contributed by atoms with Crippen LogP contribution in [0.1, 0.15) is 27.6 Å². The summed E-state index contributed by atoms with van der Waals surface area (Å²) < 4.78 is 60.9. The highest BCUT2D eigenvalue weighted by Crippen LogP contribution is 2.25. The Kier molecular flexibility index (Phi) is 8.05. The molecular weight excluding hydrogens is 484 g/mol. The van der Waals surface area contributed by atoms with Crippen LogP contribution in [-0.4, -0.2) is 48.4 Å². The second-order valence-corrected chi connectivity index (χ2v) is 8.71. The van der Waals surface area contributed by atoms with E-state index in [0.717, 1.165) is 17.7 Å². The predicted octanol–water partition coefficient (Wildman–Crippen LogP) is 5.61. The molecule has 0 bridgehead atoms. The summed E-state index contributed by atoms with van der Waals surface area (Å²) in [6.07, 6.45) is -0.500. The van der Waals surface area contributed by atoms with Gasteiger partial charge in [0.25, 0.3) is 5.91 Å². The first kappa shape index (κ1) is 25.2. The van der Waals surface area contributed by atoms with Crippen molar-refractivity contribution in [3.63, 3.8) is 0 Å². The number of hydrogen-bond acceptors (Lipinski definition) is 3. The topological polar surface area (TPSA) is 32.8 Å². The first-order valence-corrected chi connectivity index (χ1v) is 11.5. The molecular formula is C26H23ClF4N2O2. The van der Waals surface area contributed by atoms with Gasteiger partial charge in [-0.25, -0.2) is 17.6 Å². The van der Waals surface area contributed by atoms with Crippen LogP contribution in [0, 0.1) is 23.3 Å². The van der Waals surface area contributed by atoms with Gasteiger partial charge in [0.2, 0.25) is 0 Å². The van der Waals surface area contributed by atoms with Crippen molar-refractivity contribution in [3.05, 3.63) is 106 Å². The molecule has 3 aromatic carbocycles. The minimum atomic E-state index is -1.07. The molecule has 4 rings (SSSR count). The minimum Gasteiger partial charge on any atom is -0.367 e. The maximum absolute atomic E-state index is 14.1. The molecule has 1 unspecified atom stereocenters. The molecule has 35 heavy (non-hydrogen) atoms. The van der Waals surface area contributed by atoms with E-state index in [1.54, 1.807) is 29.2 Å². The van der Waals surface area contributed by atoms with Crippen molar-refractivity contribution in [2.24, 2.45) is 0 Å². The molecule has 1 heterocycles. The van der Waals surface area contributed by atoms with Gasteiger partial charge in [0, 0.05) is 48.9 Å². The van der Waals surface area contributed by atoms with Crippen molar-refractivity contribution in [1.82, 2.24) is 9.80 Å². The largest absolute Gasteiger partial charge is 0.367 e. The maximum atomic E-state index is 14.1. The number of hydrogen-bond donors (Lipinski definition) is 0. The first-order chi connectivity index (χ1) is 16.8. The number of rotatable bonds is 7. The first-order valence-electron chi connectivity index (χ1n) is 11.1. The smallest absolute Gasteiger partial charge is 0.254 e. The second kappa shape index (κ2) is 11.2. The molecule has 9 heteroatoms. The Morgan fingerprint density at radius 3 is 2.14 bits per heavy atom. The molecule has 1 saturated heterocycles. The number of benzene rings is 3. The van der Waals surface area contributed by atoms with Gasteiger partial charge in [0.15, 0.2) is 11.6 Å². The van der Waals surface area contributed by atoms with Crippen LogP contribution in [0.3, 0.4) is 0 Å². The lowest BCUT2D eigenvalue weighted by molar-refractivity contribution is 0.00144. The SMILES string of the molecule is O=C(c1ccc(F)c(F)c1)N1CCN(CC(OCc2c(F)cccc2F)c2ccc(Cl)cc2)CC1. The summed E-state index contributed by atoms with van der Waals surface area (Å²) in [6.45, 7) is 1.96. The van der Waals surface area contributed by atoms with E-state index < -0.39 is 29.4 Å². The van der Waals surface area contributed by atoms with Crippen LogP contribution < -0.4 is 0 Å². The van der Waals surface area contributed by atoms with Gasteiger partial charge in [-0.3, -0.25) is 9.69 Å². The number of halogens is 5. The quantitative estimate of drug-likeness (QED) is 0.390. The van der Waals surface area contributed by atoms with Gasteiger partial charge in [-0.15, -0.1) is 0 Å². The van der Waals surface area contributed by atoms with Gasteiger partial charge in [-0.2, -0.15) is 0 Å². The zero-order chi connectivity index (χ0) is 24.9. The van der Waals surface area contributed by atoms with Gasteiger partial charge in [-0.1, -0.05) is 29.8 Å². The monoisotopic (exact) mass is 506 g/mol. The highest BCUT2D eigenvalue weighted by molar-refractivity contribution is 6.30. The van der Waals surface area contributed by atoms with Crippen molar-refractivity contribution in [1.29, 1.82) is 0 Å². The zero-order valence-electron chi connectivity index (χ0n) is 18.7. The van der Waals surface area contributed by atoms with Gasteiger partial charge in [0.1, 0.15) is 11.6 Å². The number of nitrogens with zero attached hydrogens (tertiary/aromatic N) is 2. The molecule has 0 aromatic heterocycles. The summed E-state index contributed by atoms with van der Waals surface area (Å²) in [5.41, 5.74) is 0.742. The normalized spacial score (nSPS) is 15.3. The Morgan fingerprint density at radius 1 is 0.857 bits per heavy atom. The van der Waals surface area contributed by atoms with E-state index in [0.29, 0.717) is 37.7 Å². The van der Waals surface area contributed by atoms with Crippen LogP contribution in [-0.2, 0) is 11.3 Å². The van der Waals surface area contributed by atoms with E-state index >= 15 is 0 Å². The number of amides is 1. The lowest BCUT2D eigenvalue weighted by Gasteiger charge is -2.36. The molecule has 3 aromatic rings. The third-order valence-corrected chi connectivity index (χ3v) is 6.23. The predicted molar refractivity (Wildman–Crippen MR) is 124 cm³/mol. The third kappa shape index (κ3) is 6.20. The highest BCUT2D eigenvalue weighted by Gasteiger charge is 2.26. The molecule has 1 aliphatic heterocycles. The summed E-state index contributed by atoms with van der Waals surface area (Å²) in [7, 11) is 0. The molecule has 0 N–H and O–H groups in total. The highest BCUT2D eigenvalue weighted by atomic mass is 35.5. The third-order valence-electron chi connectivity index (χ3n) is 5.98. The fourth-order valence-electron chi connectivity index (χ4n) is 3.97. The number of carbonyl (C=O) groups is 1. The van der Waals surface area contributed by atoms with Crippen molar-refractivity contribution in [3.8, 4) is 0 Å². The number of carbonyl (C=O) groups excluding carboxylic acids is 1. The van der Waals surface area contributed by atoms with Crippen LogP contribution in [0.25, 0.3) is 0 Å². The average Bonchev–Trinajstić information content (AvgIpc) is 2.85. The lowest BCUT2D eigenvalue weighted by atomic mass is 10.1. The molecule has 0 spiro atoms. The summed E-state index contributed by atoms with van der Waals surface area (Å²) >= 11 is 6.01. The summed E-state index contributed by atoms with van der Waals surface area (Å²) in [6, 6.07) is 13.8. The van der Waals surface area contributed by atoms with Crippen LogP contribution in [0.2, 0.25) is 5.02 Å². The second-order valence-electron chi connectivity index (χ2n) is 8.27. The van der Waals surface area contributed by atoms with Crippen LogP contribution in [0.15, 0.2) is 60.7 Å². The molecule has 1 aliphatic rings.